The Morgan fingerprint density at radius 2 is 1.86 bits per heavy atom. The van der Waals surface area contributed by atoms with E-state index < -0.39 is 0 Å². The predicted molar refractivity (Wildman–Crippen MR) is 76.2 cm³/mol. The van der Waals surface area contributed by atoms with Crippen LogP contribution in [0.4, 0.5) is 5.95 Å². The molecule has 0 bridgehead atoms. The van der Waals surface area contributed by atoms with Crippen molar-refractivity contribution in [1.29, 1.82) is 0 Å². The van der Waals surface area contributed by atoms with Crippen molar-refractivity contribution in [2.75, 3.05) is 5.73 Å². The zero-order valence-corrected chi connectivity index (χ0v) is 13.2. The first-order valence-corrected chi connectivity index (χ1v) is 6.28. The number of aromatic nitrogens is 4. The Bertz CT molecular complexity index is 757. The van der Waals surface area contributed by atoms with Crippen molar-refractivity contribution in [3.8, 4) is 5.88 Å². The Labute approximate surface area is 134 Å². The summed E-state index contributed by atoms with van der Waals surface area (Å²) >= 11 is 0. The number of nitrogens with zero attached hydrogens (tertiary/aromatic N) is 4. The molecule has 0 unspecified atom stereocenters. The molecule has 3 aromatic rings. The third kappa shape index (κ3) is 3.01. The molecule has 0 aliphatic heterocycles. The average Bonchev–Trinajstić information content (AvgIpc) is 2.72. The van der Waals surface area contributed by atoms with E-state index in [0.717, 1.165) is 16.9 Å². The van der Waals surface area contributed by atoms with Crippen LogP contribution in [0.5, 0.6) is 5.88 Å². The molecule has 0 aliphatic carbocycles. The van der Waals surface area contributed by atoms with E-state index in [1.165, 1.54) is 0 Å². The number of aryl methyl sites for hydroxylation is 2. The van der Waals surface area contributed by atoms with Gasteiger partial charge in [0.15, 0.2) is 11.2 Å². The summed E-state index contributed by atoms with van der Waals surface area (Å²) in [6, 6.07) is 9.90. The molecule has 2 N–H and O–H groups in total. The summed E-state index contributed by atoms with van der Waals surface area (Å²) in [4.78, 5) is 12.6. The van der Waals surface area contributed by atoms with Gasteiger partial charge in [-0.1, -0.05) is 30.3 Å². The van der Waals surface area contributed by atoms with E-state index in [4.69, 9.17) is 10.5 Å². The minimum atomic E-state index is 0. The molecule has 21 heavy (non-hydrogen) atoms. The summed E-state index contributed by atoms with van der Waals surface area (Å²) in [6.45, 7) is 2.33. The Morgan fingerprint density at radius 3 is 2.57 bits per heavy atom. The van der Waals surface area contributed by atoms with Crippen LogP contribution in [-0.4, -0.2) is 19.5 Å². The van der Waals surface area contributed by atoms with Gasteiger partial charge in [0.05, 0.1) is 0 Å². The molecule has 6 nitrogen and oxygen atoms in total. The normalized spacial score (nSPS) is 10.4. The Morgan fingerprint density at radius 1 is 1.14 bits per heavy atom. The molecule has 0 amide bonds. The van der Waals surface area contributed by atoms with Crippen LogP contribution in [0, 0.1) is 6.92 Å². The number of fused-ring (bicyclic) bond motifs is 1. The van der Waals surface area contributed by atoms with Crippen LogP contribution < -0.4 is 10.5 Å². The maximum absolute atomic E-state index is 5.79. The summed E-state index contributed by atoms with van der Waals surface area (Å²) < 4.78 is 7.69. The molecular weight excluding hydrogens is 305 g/mol. The molecule has 1 radical (unpaired) electrons. The summed E-state index contributed by atoms with van der Waals surface area (Å²) in [5, 5.41) is 0. The van der Waals surface area contributed by atoms with Crippen molar-refractivity contribution in [1.82, 2.24) is 19.5 Å². The van der Waals surface area contributed by atoms with E-state index >= 15 is 0 Å². The second kappa shape index (κ2) is 6.16. The molecule has 0 aliphatic rings. The minimum Gasteiger partial charge on any atom is -0.471 e. The maximum Gasteiger partial charge on any atom is 0.245 e. The van der Waals surface area contributed by atoms with Crippen molar-refractivity contribution < 1.29 is 23.3 Å². The van der Waals surface area contributed by atoms with Crippen molar-refractivity contribution in [3.05, 3.63) is 41.7 Å². The maximum atomic E-state index is 5.79. The van der Waals surface area contributed by atoms with E-state index in [-0.39, 0.29) is 24.5 Å². The Kier molecular flexibility index (Phi) is 4.50. The summed E-state index contributed by atoms with van der Waals surface area (Å²) in [5.41, 5.74) is 8.08. The fourth-order valence-corrected chi connectivity index (χ4v) is 2.03. The van der Waals surface area contributed by atoms with Crippen molar-refractivity contribution >= 4 is 17.1 Å². The zero-order valence-electron chi connectivity index (χ0n) is 11.8. The topological polar surface area (TPSA) is 78.8 Å². The van der Waals surface area contributed by atoms with Crippen LogP contribution in [0.25, 0.3) is 11.2 Å². The van der Waals surface area contributed by atoms with E-state index in [9.17, 15) is 0 Å². The number of imidazole rings is 1. The fourth-order valence-electron chi connectivity index (χ4n) is 2.03. The van der Waals surface area contributed by atoms with E-state index in [1.807, 2.05) is 48.9 Å². The standard InChI is InChI=1S/C14H15N5O.V/c1-9-16-12-11(19(9)2)13(18-14(15)17-12)20-8-10-6-4-3-5-7-10;/h3-7H,8H2,1-2H3,(H2,15,17,18);. The Hall–Kier alpha value is -2.05. The van der Waals surface area contributed by atoms with E-state index in [2.05, 4.69) is 15.0 Å². The molecule has 3 rings (SSSR count). The van der Waals surface area contributed by atoms with Gasteiger partial charge < -0.3 is 15.0 Å². The van der Waals surface area contributed by atoms with E-state index in [1.54, 1.807) is 0 Å². The third-order valence-electron chi connectivity index (χ3n) is 3.16. The molecule has 107 valence electrons. The second-order valence-electron chi connectivity index (χ2n) is 4.55. The SMILES string of the molecule is Cc1nc2nc(N)nc(OCc3ccccc3)c2n1C.[V]. The first-order chi connectivity index (χ1) is 9.65. The van der Waals surface area contributed by atoms with Gasteiger partial charge in [-0.3, -0.25) is 0 Å². The van der Waals surface area contributed by atoms with E-state index in [0.29, 0.717) is 18.1 Å². The van der Waals surface area contributed by atoms with Gasteiger partial charge in [-0.2, -0.15) is 9.97 Å². The van der Waals surface area contributed by atoms with Gasteiger partial charge >= 0.3 is 0 Å². The molecule has 0 saturated heterocycles. The smallest absolute Gasteiger partial charge is 0.245 e. The first-order valence-electron chi connectivity index (χ1n) is 6.28. The number of rotatable bonds is 3. The molecule has 7 heteroatoms. The molecule has 0 fully saturated rings. The monoisotopic (exact) mass is 320 g/mol. The second-order valence-corrected chi connectivity index (χ2v) is 4.55. The molecule has 0 saturated carbocycles. The molecule has 0 atom stereocenters. The number of anilines is 1. The van der Waals surface area contributed by atoms with Crippen molar-refractivity contribution in [2.45, 2.75) is 13.5 Å². The first kappa shape index (κ1) is 15.3. The average molecular weight is 320 g/mol. The minimum absolute atomic E-state index is 0. The van der Waals surface area contributed by atoms with Crippen LogP contribution in [0.15, 0.2) is 30.3 Å². The van der Waals surface area contributed by atoms with Gasteiger partial charge in [0.1, 0.15) is 12.4 Å². The molecule has 2 heterocycles. The zero-order chi connectivity index (χ0) is 14.1. The van der Waals surface area contributed by atoms with Crippen LogP contribution in [0.1, 0.15) is 11.4 Å². The summed E-state index contributed by atoms with van der Waals surface area (Å²) in [7, 11) is 1.90. The van der Waals surface area contributed by atoms with Gasteiger partial charge in [0, 0.05) is 25.6 Å². The van der Waals surface area contributed by atoms with Gasteiger partial charge in [-0.15, -0.1) is 0 Å². The third-order valence-corrected chi connectivity index (χ3v) is 3.16. The van der Waals surface area contributed by atoms with Crippen LogP contribution >= 0.6 is 0 Å². The van der Waals surface area contributed by atoms with Crippen molar-refractivity contribution in [2.24, 2.45) is 7.05 Å². The number of ether oxygens (including phenoxy) is 1. The number of hydrogen-bond acceptors (Lipinski definition) is 5. The van der Waals surface area contributed by atoms with Gasteiger partial charge in [0.25, 0.3) is 0 Å². The van der Waals surface area contributed by atoms with Gasteiger partial charge in [-0.05, 0) is 12.5 Å². The largest absolute Gasteiger partial charge is 0.471 e. The number of nitrogen functional groups attached to an aromatic ring is 1. The van der Waals surface area contributed by atoms with Gasteiger partial charge in [-0.25, -0.2) is 4.98 Å². The number of hydrogen-bond donors (Lipinski definition) is 1. The van der Waals surface area contributed by atoms with Crippen LogP contribution in [0.2, 0.25) is 0 Å². The van der Waals surface area contributed by atoms with Crippen LogP contribution in [0.3, 0.4) is 0 Å². The fraction of sp³-hybridized carbons (Fsp3) is 0.214. The van der Waals surface area contributed by atoms with Gasteiger partial charge in [0.2, 0.25) is 11.8 Å². The molecular formula is C14H15N5OV. The van der Waals surface area contributed by atoms with Crippen LogP contribution in [-0.2, 0) is 32.2 Å². The molecule has 2 aromatic heterocycles. The molecule has 1 aromatic carbocycles. The summed E-state index contributed by atoms with van der Waals surface area (Å²) in [6.07, 6.45) is 0. The predicted octanol–water partition coefficient (Wildman–Crippen LogP) is 1.83. The number of benzene rings is 1. The quantitative estimate of drug-likeness (QED) is 0.796. The number of nitrogens with two attached hydrogens (primary N) is 1. The molecule has 0 spiro atoms. The summed E-state index contributed by atoms with van der Waals surface area (Å²) in [5.74, 6) is 1.46. The van der Waals surface area contributed by atoms with Crippen molar-refractivity contribution in [3.63, 3.8) is 0 Å². The Balaban J connectivity index is 0.00000161.